The van der Waals surface area contributed by atoms with E-state index in [4.69, 9.17) is 13.6 Å². The van der Waals surface area contributed by atoms with E-state index in [1.807, 2.05) is 12.1 Å². The Hall–Kier alpha value is -4.04. The molecule has 2 aromatic carbocycles. The van der Waals surface area contributed by atoms with Gasteiger partial charge in [0.15, 0.2) is 5.76 Å². The van der Waals surface area contributed by atoms with Gasteiger partial charge in [-0.1, -0.05) is 18.2 Å². The number of hydrogen-bond donors (Lipinski definition) is 0. The second kappa shape index (κ2) is 7.33. The van der Waals surface area contributed by atoms with Crippen LogP contribution in [0, 0.1) is 0 Å². The highest BCUT2D eigenvalue weighted by Gasteiger charge is 2.15. The third kappa shape index (κ3) is 3.53. The maximum absolute atomic E-state index is 12.6. The van der Waals surface area contributed by atoms with Gasteiger partial charge in [0.25, 0.3) is 0 Å². The number of ether oxygens (including phenoxy) is 1. The van der Waals surface area contributed by atoms with Gasteiger partial charge in [-0.05, 0) is 35.7 Å². The molecule has 0 spiro atoms. The van der Waals surface area contributed by atoms with Crippen molar-refractivity contribution in [3.63, 3.8) is 0 Å². The lowest BCUT2D eigenvalue weighted by Gasteiger charge is -2.03. The lowest BCUT2D eigenvalue weighted by atomic mass is 10.1. The van der Waals surface area contributed by atoms with Crippen LogP contribution < -0.4 is 16.0 Å². The minimum Gasteiger partial charge on any atom is -0.427 e. The molecule has 0 fully saturated rings. The van der Waals surface area contributed by atoms with E-state index in [1.54, 1.807) is 41.8 Å². The summed E-state index contributed by atoms with van der Waals surface area (Å²) in [6.45, 7) is 1.29. The topological polar surface area (TPSA) is 99.6 Å². The Morgan fingerprint density at radius 2 is 1.81 bits per heavy atom. The first-order valence-corrected chi connectivity index (χ1v) is 10.1. The van der Waals surface area contributed by atoms with Crippen molar-refractivity contribution < 1.29 is 18.4 Å². The fraction of sp³-hybridized carbons (Fsp3) is 0.0435. The Labute approximate surface area is 178 Å². The fourth-order valence-corrected chi connectivity index (χ4v) is 4.05. The number of esters is 1. The summed E-state index contributed by atoms with van der Waals surface area (Å²) in [5.41, 5.74) is 0.00859. The van der Waals surface area contributed by atoms with Crippen molar-refractivity contribution in [2.24, 2.45) is 0 Å². The van der Waals surface area contributed by atoms with Crippen LogP contribution in [0.15, 0.2) is 78.4 Å². The third-order valence-corrected chi connectivity index (χ3v) is 5.50. The lowest BCUT2D eigenvalue weighted by molar-refractivity contribution is -0.131. The Bertz CT molecular complexity index is 1590. The van der Waals surface area contributed by atoms with Crippen molar-refractivity contribution in [1.82, 2.24) is 4.98 Å². The molecule has 31 heavy (non-hydrogen) atoms. The highest BCUT2D eigenvalue weighted by Crippen LogP contribution is 2.30. The van der Waals surface area contributed by atoms with Crippen molar-refractivity contribution in [2.75, 3.05) is 0 Å². The van der Waals surface area contributed by atoms with Crippen LogP contribution >= 0.6 is 11.3 Å². The smallest absolute Gasteiger partial charge is 0.346 e. The number of thiazole rings is 1. The fourth-order valence-electron chi connectivity index (χ4n) is 3.24. The molecule has 0 aliphatic carbocycles. The van der Waals surface area contributed by atoms with Gasteiger partial charge < -0.3 is 13.6 Å². The number of nitrogens with zero attached hydrogens (tertiary/aromatic N) is 1. The molecule has 8 heteroatoms. The molecule has 0 unspecified atom stereocenters. The van der Waals surface area contributed by atoms with Crippen LogP contribution in [0.5, 0.6) is 5.75 Å². The maximum atomic E-state index is 12.6. The maximum Gasteiger partial charge on any atom is 0.346 e. The average Bonchev–Trinajstić information content (AvgIpc) is 3.23. The zero-order valence-electron chi connectivity index (χ0n) is 16.1. The number of rotatable bonds is 3. The third-order valence-electron chi connectivity index (χ3n) is 4.63. The second-order valence-electron chi connectivity index (χ2n) is 6.76. The van der Waals surface area contributed by atoms with E-state index in [-0.39, 0.29) is 5.56 Å². The average molecular weight is 431 g/mol. The van der Waals surface area contributed by atoms with E-state index in [0.717, 1.165) is 5.39 Å². The molecule has 5 rings (SSSR count). The highest BCUT2D eigenvalue weighted by molar-refractivity contribution is 7.13. The number of hydrogen-bond acceptors (Lipinski definition) is 8. The van der Waals surface area contributed by atoms with Gasteiger partial charge in [-0.25, -0.2) is 14.6 Å². The molecule has 0 aliphatic rings. The predicted octanol–water partition coefficient (Wildman–Crippen LogP) is 4.62. The monoisotopic (exact) mass is 431 g/mol. The summed E-state index contributed by atoms with van der Waals surface area (Å²) in [4.78, 5) is 40.4. The standard InChI is InChI=1S/C23H13NO6S/c1-12(25)28-15-7-6-14-8-17(23(27)29-19(14)10-15)21-24-18(11-31-21)20-9-13-4-2-3-5-16(13)22(26)30-20/h2-11H,1H3. The molecule has 0 bridgehead atoms. The van der Waals surface area contributed by atoms with E-state index >= 15 is 0 Å². The lowest BCUT2D eigenvalue weighted by Crippen LogP contribution is -2.04. The van der Waals surface area contributed by atoms with Crippen LogP contribution in [-0.4, -0.2) is 11.0 Å². The van der Waals surface area contributed by atoms with Crippen molar-refractivity contribution in [3.8, 4) is 27.8 Å². The van der Waals surface area contributed by atoms with E-state index in [9.17, 15) is 14.4 Å². The number of carbonyl (C=O) groups excluding carboxylic acids is 1. The number of benzene rings is 2. The Morgan fingerprint density at radius 1 is 0.968 bits per heavy atom. The molecule has 3 aromatic heterocycles. The molecule has 0 saturated heterocycles. The SMILES string of the molecule is CC(=O)Oc1ccc2cc(-c3nc(-c4cc5ccccc5c(=O)o4)cs3)c(=O)oc2c1. The first-order chi connectivity index (χ1) is 15.0. The van der Waals surface area contributed by atoms with Gasteiger partial charge in [0.2, 0.25) is 0 Å². The Kier molecular flexibility index (Phi) is 4.48. The summed E-state index contributed by atoms with van der Waals surface area (Å²) in [6.07, 6.45) is 0. The van der Waals surface area contributed by atoms with Gasteiger partial charge >= 0.3 is 17.2 Å². The molecule has 0 saturated carbocycles. The van der Waals surface area contributed by atoms with Crippen molar-refractivity contribution in [1.29, 1.82) is 0 Å². The number of carbonyl (C=O) groups is 1. The quantitative estimate of drug-likeness (QED) is 0.233. The minimum absolute atomic E-state index is 0.284. The van der Waals surface area contributed by atoms with Crippen LogP contribution in [0.2, 0.25) is 0 Å². The number of fused-ring (bicyclic) bond motifs is 2. The molecule has 0 aliphatic heterocycles. The van der Waals surface area contributed by atoms with Gasteiger partial charge in [0.05, 0.1) is 10.9 Å². The molecule has 3 heterocycles. The molecular weight excluding hydrogens is 418 g/mol. The van der Waals surface area contributed by atoms with Crippen LogP contribution in [-0.2, 0) is 4.79 Å². The van der Waals surface area contributed by atoms with Crippen molar-refractivity contribution in [3.05, 3.63) is 80.8 Å². The zero-order chi connectivity index (χ0) is 21.5. The van der Waals surface area contributed by atoms with Gasteiger partial charge in [-0.3, -0.25) is 4.79 Å². The van der Waals surface area contributed by atoms with Gasteiger partial charge in [0.1, 0.15) is 22.0 Å². The summed E-state index contributed by atoms with van der Waals surface area (Å²) in [5.74, 6) is 0.148. The van der Waals surface area contributed by atoms with E-state index in [1.165, 1.54) is 24.3 Å². The molecule has 152 valence electrons. The van der Waals surface area contributed by atoms with Crippen molar-refractivity contribution in [2.45, 2.75) is 6.92 Å². The normalized spacial score (nSPS) is 11.1. The van der Waals surface area contributed by atoms with E-state index in [2.05, 4.69) is 4.98 Å². The molecule has 0 N–H and O–H groups in total. The van der Waals surface area contributed by atoms with Crippen LogP contribution in [0.4, 0.5) is 0 Å². The molecule has 0 radical (unpaired) electrons. The molecule has 0 atom stereocenters. The van der Waals surface area contributed by atoms with Crippen LogP contribution in [0.3, 0.4) is 0 Å². The van der Waals surface area contributed by atoms with Crippen molar-refractivity contribution >= 4 is 39.0 Å². The van der Waals surface area contributed by atoms with Gasteiger partial charge in [0, 0.05) is 23.8 Å². The van der Waals surface area contributed by atoms with Crippen LogP contribution in [0.1, 0.15) is 6.92 Å². The molecular formula is C23H13NO6S. The first kappa shape index (κ1) is 19.0. The molecule has 0 amide bonds. The second-order valence-corrected chi connectivity index (χ2v) is 7.62. The summed E-state index contributed by atoms with van der Waals surface area (Å²) in [6, 6.07) is 15.3. The summed E-state index contributed by atoms with van der Waals surface area (Å²) in [7, 11) is 0. The molecule has 5 aromatic rings. The zero-order valence-corrected chi connectivity index (χ0v) is 16.9. The van der Waals surface area contributed by atoms with Gasteiger partial charge in [-0.2, -0.15) is 0 Å². The van der Waals surface area contributed by atoms with E-state index in [0.29, 0.717) is 38.6 Å². The summed E-state index contributed by atoms with van der Waals surface area (Å²) >= 11 is 1.24. The Morgan fingerprint density at radius 3 is 2.65 bits per heavy atom. The summed E-state index contributed by atoms with van der Waals surface area (Å²) < 4.78 is 15.8. The predicted molar refractivity (Wildman–Crippen MR) is 116 cm³/mol. The first-order valence-electron chi connectivity index (χ1n) is 9.23. The Balaban J connectivity index is 1.56. The van der Waals surface area contributed by atoms with Crippen LogP contribution in [0.25, 0.3) is 43.8 Å². The number of aromatic nitrogens is 1. The largest absolute Gasteiger partial charge is 0.427 e. The van der Waals surface area contributed by atoms with E-state index < -0.39 is 17.2 Å². The molecule has 7 nitrogen and oxygen atoms in total. The van der Waals surface area contributed by atoms with Gasteiger partial charge in [-0.15, -0.1) is 11.3 Å². The summed E-state index contributed by atoms with van der Waals surface area (Å²) in [5, 5.41) is 4.04. The highest BCUT2D eigenvalue weighted by atomic mass is 32.1. The minimum atomic E-state index is -0.576.